The van der Waals surface area contributed by atoms with E-state index >= 15 is 0 Å². The van der Waals surface area contributed by atoms with Crippen molar-refractivity contribution in [2.75, 3.05) is 41.0 Å². The molecule has 0 aromatic heterocycles. The fourth-order valence-electron chi connectivity index (χ4n) is 3.26. The summed E-state index contributed by atoms with van der Waals surface area (Å²) in [5, 5.41) is 8.03. The predicted molar refractivity (Wildman–Crippen MR) is 106 cm³/mol. The van der Waals surface area contributed by atoms with Crippen LogP contribution in [0, 0.1) is 5.92 Å². The molecule has 160 valence electrons. The molecule has 0 unspecified atom stereocenters. The first kappa shape index (κ1) is 22.3. The van der Waals surface area contributed by atoms with Gasteiger partial charge in [-0.15, -0.1) is 0 Å². The van der Waals surface area contributed by atoms with Crippen molar-refractivity contribution in [1.82, 2.24) is 16.0 Å². The smallest absolute Gasteiger partial charge is 0.251 e. The SMILES string of the molecule is COc1cc(C(=O)NCC(=O)NCCNC(=O)C2CCCC2)cc(OC)c1OC. The minimum Gasteiger partial charge on any atom is -0.493 e. The number of benzene rings is 1. The highest BCUT2D eigenvalue weighted by Crippen LogP contribution is 2.38. The lowest BCUT2D eigenvalue weighted by Gasteiger charge is -2.14. The summed E-state index contributed by atoms with van der Waals surface area (Å²) in [5.74, 6) is 0.425. The molecule has 1 aliphatic carbocycles. The first-order valence-corrected chi connectivity index (χ1v) is 9.62. The summed E-state index contributed by atoms with van der Waals surface area (Å²) < 4.78 is 15.7. The molecule has 0 radical (unpaired) electrons. The first-order valence-electron chi connectivity index (χ1n) is 9.62. The third-order valence-electron chi connectivity index (χ3n) is 4.81. The Labute approximate surface area is 170 Å². The normalized spacial score (nSPS) is 13.5. The standard InChI is InChI=1S/C20H29N3O6/c1-27-15-10-14(11-16(28-2)18(15)29-3)20(26)23-12-17(24)21-8-9-22-19(25)13-6-4-5-7-13/h10-11,13H,4-9,12H2,1-3H3,(H,21,24)(H,22,25)(H,23,26). The number of rotatable bonds is 10. The van der Waals surface area contributed by atoms with Crippen molar-refractivity contribution in [3.63, 3.8) is 0 Å². The van der Waals surface area contributed by atoms with Crippen LogP contribution in [0.25, 0.3) is 0 Å². The lowest BCUT2D eigenvalue weighted by molar-refractivity contribution is -0.125. The molecular formula is C20H29N3O6. The van der Waals surface area contributed by atoms with Crippen LogP contribution in [-0.4, -0.2) is 58.7 Å². The Morgan fingerprint density at radius 1 is 0.897 bits per heavy atom. The van der Waals surface area contributed by atoms with E-state index in [1.165, 1.54) is 33.5 Å². The van der Waals surface area contributed by atoms with E-state index in [0.717, 1.165) is 25.7 Å². The number of ether oxygens (including phenoxy) is 3. The summed E-state index contributed by atoms with van der Waals surface area (Å²) in [6.45, 7) is 0.477. The zero-order chi connectivity index (χ0) is 21.2. The Hall–Kier alpha value is -2.97. The maximum atomic E-state index is 12.4. The number of carbonyl (C=O) groups is 3. The molecule has 0 saturated heterocycles. The van der Waals surface area contributed by atoms with Crippen molar-refractivity contribution < 1.29 is 28.6 Å². The van der Waals surface area contributed by atoms with Gasteiger partial charge in [0, 0.05) is 24.6 Å². The molecule has 1 fully saturated rings. The number of nitrogens with one attached hydrogen (secondary N) is 3. The average Bonchev–Trinajstić information content (AvgIpc) is 3.28. The van der Waals surface area contributed by atoms with Crippen molar-refractivity contribution in [3.05, 3.63) is 17.7 Å². The molecule has 0 heterocycles. The van der Waals surface area contributed by atoms with Gasteiger partial charge in [0.15, 0.2) is 11.5 Å². The quantitative estimate of drug-likeness (QED) is 0.496. The van der Waals surface area contributed by atoms with E-state index in [1.54, 1.807) is 0 Å². The van der Waals surface area contributed by atoms with Crippen LogP contribution in [0.2, 0.25) is 0 Å². The van der Waals surface area contributed by atoms with Gasteiger partial charge in [-0.3, -0.25) is 14.4 Å². The fraction of sp³-hybridized carbons (Fsp3) is 0.550. The van der Waals surface area contributed by atoms with Crippen LogP contribution in [0.3, 0.4) is 0 Å². The van der Waals surface area contributed by atoms with Gasteiger partial charge in [0.05, 0.1) is 27.9 Å². The van der Waals surface area contributed by atoms with Crippen LogP contribution in [0.15, 0.2) is 12.1 Å². The van der Waals surface area contributed by atoms with E-state index in [4.69, 9.17) is 14.2 Å². The number of hydrogen-bond donors (Lipinski definition) is 3. The average molecular weight is 407 g/mol. The molecule has 2 rings (SSSR count). The number of amides is 3. The van der Waals surface area contributed by atoms with E-state index < -0.39 is 5.91 Å². The van der Waals surface area contributed by atoms with Gasteiger partial charge >= 0.3 is 0 Å². The third-order valence-corrected chi connectivity index (χ3v) is 4.81. The Kier molecular flexibility index (Phi) is 8.57. The maximum Gasteiger partial charge on any atom is 0.251 e. The zero-order valence-corrected chi connectivity index (χ0v) is 17.1. The van der Waals surface area contributed by atoms with Gasteiger partial charge in [-0.2, -0.15) is 0 Å². The molecule has 1 aromatic carbocycles. The molecule has 0 bridgehead atoms. The van der Waals surface area contributed by atoms with Gasteiger partial charge in [0.1, 0.15) is 0 Å². The van der Waals surface area contributed by atoms with Gasteiger partial charge in [-0.25, -0.2) is 0 Å². The topological polar surface area (TPSA) is 115 Å². The van der Waals surface area contributed by atoms with E-state index in [-0.39, 0.29) is 29.8 Å². The third kappa shape index (κ3) is 6.27. The predicted octanol–water partition coefficient (Wildman–Crippen LogP) is 0.865. The molecule has 0 atom stereocenters. The van der Waals surface area contributed by atoms with Gasteiger partial charge in [0.2, 0.25) is 17.6 Å². The molecule has 9 heteroatoms. The minimum atomic E-state index is -0.450. The second-order valence-corrected chi connectivity index (χ2v) is 6.72. The van der Waals surface area contributed by atoms with E-state index in [0.29, 0.717) is 30.3 Å². The molecule has 3 amide bonds. The van der Waals surface area contributed by atoms with Gasteiger partial charge < -0.3 is 30.2 Å². The summed E-state index contributed by atoms with van der Waals surface area (Å²) in [5.41, 5.74) is 0.274. The van der Waals surface area contributed by atoms with Crippen LogP contribution in [0.4, 0.5) is 0 Å². The lowest BCUT2D eigenvalue weighted by atomic mass is 10.1. The van der Waals surface area contributed by atoms with E-state index in [2.05, 4.69) is 16.0 Å². The number of methoxy groups -OCH3 is 3. The number of hydrogen-bond acceptors (Lipinski definition) is 6. The molecule has 0 spiro atoms. The second kappa shape index (κ2) is 11.1. The monoisotopic (exact) mass is 407 g/mol. The minimum absolute atomic E-state index is 0.0486. The number of carbonyl (C=O) groups excluding carboxylic acids is 3. The molecule has 1 aliphatic rings. The van der Waals surface area contributed by atoms with Crippen LogP contribution in [0.1, 0.15) is 36.0 Å². The van der Waals surface area contributed by atoms with Gasteiger partial charge in [-0.1, -0.05) is 12.8 Å². The molecule has 3 N–H and O–H groups in total. The highest BCUT2D eigenvalue weighted by molar-refractivity contribution is 5.97. The zero-order valence-electron chi connectivity index (χ0n) is 17.1. The molecule has 0 aliphatic heterocycles. The Bertz CT molecular complexity index is 706. The van der Waals surface area contributed by atoms with Gasteiger partial charge in [-0.05, 0) is 25.0 Å². The molecule has 29 heavy (non-hydrogen) atoms. The Balaban J connectivity index is 1.76. The van der Waals surface area contributed by atoms with Crippen molar-refractivity contribution >= 4 is 17.7 Å². The Morgan fingerprint density at radius 3 is 2.03 bits per heavy atom. The first-order chi connectivity index (χ1) is 14.0. The van der Waals surface area contributed by atoms with Crippen LogP contribution in [-0.2, 0) is 9.59 Å². The summed E-state index contributed by atoms with van der Waals surface area (Å²) in [6.07, 6.45) is 4.07. The summed E-state index contributed by atoms with van der Waals surface area (Å²) in [7, 11) is 4.39. The molecular weight excluding hydrogens is 378 g/mol. The molecule has 9 nitrogen and oxygen atoms in total. The summed E-state index contributed by atoms with van der Waals surface area (Å²) in [4.78, 5) is 36.2. The highest BCUT2D eigenvalue weighted by atomic mass is 16.5. The van der Waals surface area contributed by atoms with Crippen LogP contribution < -0.4 is 30.2 Å². The molecule has 1 saturated carbocycles. The molecule has 1 aromatic rings. The second-order valence-electron chi connectivity index (χ2n) is 6.72. The van der Waals surface area contributed by atoms with Crippen LogP contribution >= 0.6 is 0 Å². The summed E-state index contributed by atoms with van der Waals surface area (Å²) >= 11 is 0. The van der Waals surface area contributed by atoms with Crippen molar-refractivity contribution in [2.45, 2.75) is 25.7 Å². The summed E-state index contributed by atoms with van der Waals surface area (Å²) in [6, 6.07) is 3.01. The largest absolute Gasteiger partial charge is 0.493 e. The van der Waals surface area contributed by atoms with Crippen molar-refractivity contribution in [1.29, 1.82) is 0 Å². The highest BCUT2D eigenvalue weighted by Gasteiger charge is 2.22. The van der Waals surface area contributed by atoms with E-state index in [1.807, 2.05) is 0 Å². The van der Waals surface area contributed by atoms with Gasteiger partial charge in [0.25, 0.3) is 5.91 Å². The van der Waals surface area contributed by atoms with E-state index in [9.17, 15) is 14.4 Å². The maximum absolute atomic E-state index is 12.4. The van der Waals surface area contributed by atoms with Crippen LogP contribution in [0.5, 0.6) is 17.2 Å². The Morgan fingerprint density at radius 2 is 1.48 bits per heavy atom. The lowest BCUT2D eigenvalue weighted by Crippen LogP contribution is -2.41. The fourth-order valence-corrected chi connectivity index (χ4v) is 3.26. The van der Waals surface area contributed by atoms with Crippen molar-refractivity contribution in [3.8, 4) is 17.2 Å². The van der Waals surface area contributed by atoms with Crippen molar-refractivity contribution in [2.24, 2.45) is 5.92 Å².